The molecule has 7 heteroatoms. The van der Waals surface area contributed by atoms with E-state index in [0.29, 0.717) is 0 Å². The summed E-state index contributed by atoms with van der Waals surface area (Å²) in [7, 11) is -3.86. The molecule has 1 aliphatic rings. The molecule has 0 fully saturated rings. The number of hydrogen-bond donors (Lipinski definition) is 1. The first kappa shape index (κ1) is 11.6. The summed E-state index contributed by atoms with van der Waals surface area (Å²) in [5.41, 5.74) is 3.48. The van der Waals surface area contributed by atoms with Gasteiger partial charge in [-0.2, -0.15) is 8.42 Å². The summed E-state index contributed by atoms with van der Waals surface area (Å²) >= 11 is 0. The molecule has 0 radical (unpaired) electrons. The van der Waals surface area contributed by atoms with Crippen molar-refractivity contribution in [3.05, 3.63) is 42.1 Å². The van der Waals surface area contributed by atoms with Gasteiger partial charge in [0.1, 0.15) is 0 Å². The van der Waals surface area contributed by atoms with E-state index in [1.54, 1.807) is 18.2 Å². The molecule has 17 heavy (non-hydrogen) atoms. The lowest BCUT2D eigenvalue weighted by Gasteiger charge is -2.17. The van der Waals surface area contributed by atoms with Gasteiger partial charge in [0.25, 0.3) is 0 Å². The first-order chi connectivity index (χ1) is 8.08. The van der Waals surface area contributed by atoms with Crippen LogP contribution >= 0.6 is 0 Å². The molecule has 1 aromatic rings. The van der Waals surface area contributed by atoms with Gasteiger partial charge < -0.3 is 0 Å². The zero-order valence-corrected chi connectivity index (χ0v) is 9.89. The Morgan fingerprint density at radius 2 is 2.00 bits per heavy atom. The van der Waals surface area contributed by atoms with Crippen LogP contribution in [0.2, 0.25) is 0 Å². The number of nitrogens with one attached hydrogen (secondary N) is 1. The fraction of sp³-hybridized carbons (Fsp3) is 0.100. The molecule has 0 atom stereocenters. The van der Waals surface area contributed by atoms with Gasteiger partial charge in [-0.15, -0.1) is 9.39 Å². The third-order valence-electron chi connectivity index (χ3n) is 2.02. The van der Waals surface area contributed by atoms with Crippen LogP contribution in [-0.2, 0) is 14.4 Å². The minimum atomic E-state index is -3.86. The van der Waals surface area contributed by atoms with Crippen molar-refractivity contribution in [3.63, 3.8) is 0 Å². The number of hydrogen-bond acceptors (Lipinski definition) is 6. The van der Waals surface area contributed by atoms with Gasteiger partial charge in [-0.05, 0) is 25.1 Å². The first-order valence-electron chi connectivity index (χ1n) is 4.85. The molecule has 1 heterocycles. The summed E-state index contributed by atoms with van der Waals surface area (Å²) in [6.07, 6.45) is 4.51. The maximum Gasteiger partial charge on any atom is 0.320 e. The van der Waals surface area contributed by atoms with E-state index in [1.165, 1.54) is 24.5 Å². The van der Waals surface area contributed by atoms with Gasteiger partial charge in [0, 0.05) is 6.20 Å². The molecule has 1 aromatic carbocycles. The van der Waals surface area contributed by atoms with Crippen LogP contribution in [0.15, 0.2) is 46.5 Å². The number of aryl methyl sites for hydroxylation is 1. The molecule has 0 bridgehead atoms. The molecule has 0 aliphatic carbocycles. The number of allylic oxidation sites excluding steroid dienone is 1. The minimum absolute atomic E-state index is 0.0784. The highest BCUT2D eigenvalue weighted by Gasteiger charge is 2.19. The number of benzene rings is 1. The second kappa shape index (κ2) is 4.56. The summed E-state index contributed by atoms with van der Waals surface area (Å²) in [4.78, 5) is 0.0784. The van der Waals surface area contributed by atoms with Crippen molar-refractivity contribution in [1.29, 1.82) is 0 Å². The fourth-order valence-electron chi connectivity index (χ4n) is 1.16. The average molecular weight is 253 g/mol. The van der Waals surface area contributed by atoms with E-state index in [1.807, 2.05) is 6.92 Å². The summed E-state index contributed by atoms with van der Waals surface area (Å²) < 4.78 is 28.4. The average Bonchev–Trinajstić information content (AvgIpc) is 2.30. The normalized spacial score (nSPS) is 14.8. The summed E-state index contributed by atoms with van der Waals surface area (Å²) in [6.45, 7) is 1.87. The van der Waals surface area contributed by atoms with Crippen molar-refractivity contribution >= 4 is 16.3 Å². The molecule has 6 nitrogen and oxygen atoms in total. The fourth-order valence-corrected chi connectivity index (χ4v) is 1.99. The van der Waals surface area contributed by atoms with Gasteiger partial charge in [0.15, 0.2) is 0 Å². The molecule has 0 saturated carbocycles. The molecule has 0 spiro atoms. The van der Waals surface area contributed by atoms with E-state index in [0.717, 1.165) is 10.8 Å². The molecular formula is C10H11N3O3S. The Labute approximate surface area is 99.2 Å². The highest BCUT2D eigenvalue weighted by molar-refractivity contribution is 7.86. The van der Waals surface area contributed by atoms with Crippen molar-refractivity contribution in [3.8, 4) is 0 Å². The molecule has 0 unspecified atom stereocenters. The van der Waals surface area contributed by atoms with Crippen LogP contribution in [0.1, 0.15) is 5.56 Å². The predicted octanol–water partition coefficient (Wildman–Crippen LogP) is 0.935. The number of nitrogens with zero attached hydrogens (tertiary/aromatic N) is 2. The molecule has 1 N–H and O–H groups in total. The summed E-state index contributed by atoms with van der Waals surface area (Å²) in [5.74, 6) is 0. The smallest absolute Gasteiger partial charge is 0.264 e. The Balaban J connectivity index is 2.16. The van der Waals surface area contributed by atoms with Crippen molar-refractivity contribution in [2.75, 3.05) is 0 Å². The third-order valence-corrected chi connectivity index (χ3v) is 3.20. The first-order valence-corrected chi connectivity index (χ1v) is 6.25. The van der Waals surface area contributed by atoms with Crippen molar-refractivity contribution in [2.24, 2.45) is 5.10 Å². The van der Waals surface area contributed by atoms with E-state index in [4.69, 9.17) is 4.28 Å². The second-order valence-electron chi connectivity index (χ2n) is 3.37. The maximum absolute atomic E-state index is 11.8. The Morgan fingerprint density at radius 1 is 1.29 bits per heavy atom. The van der Waals surface area contributed by atoms with Gasteiger partial charge in [-0.1, -0.05) is 23.0 Å². The van der Waals surface area contributed by atoms with E-state index in [9.17, 15) is 8.42 Å². The molecule has 1 aliphatic heterocycles. The van der Waals surface area contributed by atoms with E-state index in [2.05, 4.69) is 10.5 Å². The molecular weight excluding hydrogens is 242 g/mol. The van der Waals surface area contributed by atoms with Crippen LogP contribution in [-0.4, -0.2) is 19.9 Å². The quantitative estimate of drug-likeness (QED) is 0.867. The highest BCUT2D eigenvalue weighted by Crippen LogP contribution is 2.14. The monoisotopic (exact) mass is 253 g/mol. The number of rotatable bonds is 3. The van der Waals surface area contributed by atoms with Crippen molar-refractivity contribution in [1.82, 2.24) is 10.7 Å². The lowest BCUT2D eigenvalue weighted by Crippen LogP contribution is -2.33. The second-order valence-corrected chi connectivity index (χ2v) is 4.90. The SMILES string of the molecule is Cc1ccc(S(=O)(=O)ON2N=CC=CN2)cc1. The Hall–Kier alpha value is -1.86. The zero-order valence-electron chi connectivity index (χ0n) is 9.07. The predicted molar refractivity (Wildman–Crippen MR) is 62.1 cm³/mol. The van der Waals surface area contributed by atoms with Crippen LogP contribution in [0, 0.1) is 6.92 Å². The van der Waals surface area contributed by atoms with Crippen LogP contribution in [0.3, 0.4) is 0 Å². The standard InChI is InChI=1S/C10H11N3O3S/c1-9-3-5-10(6-4-9)17(14,15)16-13-11-7-2-8-12-13/h2-8,11H,1H3. The van der Waals surface area contributed by atoms with Gasteiger partial charge >= 0.3 is 10.1 Å². The minimum Gasteiger partial charge on any atom is -0.264 e. The van der Waals surface area contributed by atoms with Gasteiger partial charge in [0.05, 0.1) is 11.1 Å². The third kappa shape index (κ3) is 2.83. The molecule has 0 aromatic heterocycles. The largest absolute Gasteiger partial charge is 0.320 e. The molecule has 0 amide bonds. The number of hydrazone groups is 1. The Morgan fingerprint density at radius 3 is 2.59 bits per heavy atom. The molecule has 90 valence electrons. The lowest BCUT2D eigenvalue weighted by atomic mass is 10.2. The Kier molecular flexibility index (Phi) is 3.12. The van der Waals surface area contributed by atoms with Gasteiger partial charge in [-0.3, -0.25) is 5.43 Å². The molecule has 0 saturated heterocycles. The van der Waals surface area contributed by atoms with Crippen LogP contribution in [0.4, 0.5) is 0 Å². The van der Waals surface area contributed by atoms with E-state index < -0.39 is 10.1 Å². The van der Waals surface area contributed by atoms with Crippen molar-refractivity contribution in [2.45, 2.75) is 11.8 Å². The summed E-state index contributed by atoms with van der Waals surface area (Å²) in [5, 5.41) is 4.44. The number of hydrazine groups is 1. The van der Waals surface area contributed by atoms with E-state index >= 15 is 0 Å². The van der Waals surface area contributed by atoms with Crippen molar-refractivity contribution < 1.29 is 12.7 Å². The van der Waals surface area contributed by atoms with Gasteiger partial charge in [-0.25, -0.2) is 0 Å². The van der Waals surface area contributed by atoms with Crippen LogP contribution in [0.5, 0.6) is 0 Å². The lowest BCUT2D eigenvalue weighted by molar-refractivity contribution is -0.0852. The molecule has 2 rings (SSSR count). The zero-order chi connectivity index (χ0) is 12.3. The maximum atomic E-state index is 11.8. The topological polar surface area (TPSA) is 71.0 Å². The van der Waals surface area contributed by atoms with Crippen LogP contribution in [0.25, 0.3) is 0 Å². The Bertz CT molecular complexity index is 549. The van der Waals surface area contributed by atoms with Gasteiger partial charge in [0.2, 0.25) is 0 Å². The summed E-state index contributed by atoms with van der Waals surface area (Å²) in [6, 6.07) is 6.36. The van der Waals surface area contributed by atoms with E-state index in [-0.39, 0.29) is 4.90 Å². The van der Waals surface area contributed by atoms with Crippen LogP contribution < -0.4 is 5.43 Å². The highest BCUT2D eigenvalue weighted by atomic mass is 32.2.